The number of benzene rings is 1. The molecule has 0 aliphatic heterocycles. The molecule has 2 rings (SSSR count). The molecule has 0 saturated heterocycles. The molecule has 96 valence electrons. The summed E-state index contributed by atoms with van der Waals surface area (Å²) in [5, 5.41) is 14.4. The summed E-state index contributed by atoms with van der Waals surface area (Å²) >= 11 is 0. The Labute approximate surface area is 107 Å². The van der Waals surface area contributed by atoms with Crippen LogP contribution in [0.3, 0.4) is 0 Å². The van der Waals surface area contributed by atoms with Crippen LogP contribution in [-0.4, -0.2) is 22.0 Å². The van der Waals surface area contributed by atoms with Gasteiger partial charge in [-0.25, -0.2) is 0 Å². The van der Waals surface area contributed by atoms with Crippen molar-refractivity contribution in [2.45, 2.75) is 26.0 Å². The lowest BCUT2D eigenvalue weighted by Gasteiger charge is -2.10. The van der Waals surface area contributed by atoms with Crippen LogP contribution in [0.1, 0.15) is 24.2 Å². The number of methoxy groups -OCH3 is 1. The molecular weight excluding hydrogens is 228 g/mol. The number of aromatic nitrogens is 2. The molecule has 0 bridgehead atoms. The van der Waals surface area contributed by atoms with Gasteiger partial charge in [-0.3, -0.25) is 4.68 Å². The molecule has 0 aliphatic carbocycles. The van der Waals surface area contributed by atoms with Gasteiger partial charge in [0.1, 0.15) is 5.75 Å². The van der Waals surface area contributed by atoms with Gasteiger partial charge in [-0.2, -0.15) is 5.10 Å². The normalized spacial score (nSPS) is 12.4. The Kier molecular flexibility index (Phi) is 3.99. The summed E-state index contributed by atoms with van der Waals surface area (Å²) < 4.78 is 7.00. The van der Waals surface area contributed by atoms with Crippen LogP contribution in [0.2, 0.25) is 0 Å². The zero-order valence-electron chi connectivity index (χ0n) is 10.7. The summed E-state index contributed by atoms with van der Waals surface area (Å²) in [6, 6.07) is 7.50. The molecule has 0 aliphatic rings. The lowest BCUT2D eigenvalue weighted by atomic mass is 10.0. The molecular formula is C14H18N2O2. The first-order chi connectivity index (χ1) is 8.72. The quantitative estimate of drug-likeness (QED) is 0.879. The average molecular weight is 246 g/mol. The van der Waals surface area contributed by atoms with Crippen LogP contribution < -0.4 is 4.74 Å². The number of aliphatic hydroxyl groups is 1. The van der Waals surface area contributed by atoms with Crippen molar-refractivity contribution in [1.82, 2.24) is 9.78 Å². The summed E-state index contributed by atoms with van der Waals surface area (Å²) in [5.74, 6) is 0.760. The second-order valence-corrected chi connectivity index (χ2v) is 4.20. The summed E-state index contributed by atoms with van der Waals surface area (Å²) in [6.07, 6.45) is 3.79. The van der Waals surface area contributed by atoms with Gasteiger partial charge in [0.05, 0.1) is 19.4 Å². The highest BCUT2D eigenvalue weighted by atomic mass is 16.5. The maximum Gasteiger partial charge on any atom is 0.119 e. The van der Waals surface area contributed by atoms with Crippen LogP contribution in [0.25, 0.3) is 0 Å². The Bertz CT molecular complexity index is 508. The van der Waals surface area contributed by atoms with E-state index in [0.29, 0.717) is 6.42 Å². The van der Waals surface area contributed by atoms with Crippen molar-refractivity contribution in [3.63, 3.8) is 0 Å². The Morgan fingerprint density at radius 3 is 2.94 bits per heavy atom. The van der Waals surface area contributed by atoms with Crippen LogP contribution in [-0.2, 0) is 13.0 Å². The molecule has 18 heavy (non-hydrogen) atoms. The van der Waals surface area contributed by atoms with Crippen molar-refractivity contribution in [2.24, 2.45) is 0 Å². The van der Waals surface area contributed by atoms with E-state index in [9.17, 15) is 5.11 Å². The van der Waals surface area contributed by atoms with E-state index in [1.54, 1.807) is 13.3 Å². The fourth-order valence-electron chi connectivity index (χ4n) is 1.87. The zero-order chi connectivity index (χ0) is 13.0. The molecule has 1 unspecified atom stereocenters. The molecule has 0 radical (unpaired) electrons. The van der Waals surface area contributed by atoms with Gasteiger partial charge in [0.2, 0.25) is 0 Å². The van der Waals surface area contributed by atoms with Gasteiger partial charge in [0, 0.05) is 19.2 Å². The summed E-state index contributed by atoms with van der Waals surface area (Å²) in [5.41, 5.74) is 1.89. The highest BCUT2D eigenvalue weighted by Crippen LogP contribution is 2.22. The van der Waals surface area contributed by atoms with E-state index >= 15 is 0 Å². The zero-order valence-corrected chi connectivity index (χ0v) is 10.7. The summed E-state index contributed by atoms with van der Waals surface area (Å²) in [7, 11) is 1.62. The van der Waals surface area contributed by atoms with Crippen molar-refractivity contribution in [3.8, 4) is 5.75 Å². The summed E-state index contributed by atoms with van der Waals surface area (Å²) in [4.78, 5) is 0. The molecule has 0 fully saturated rings. The topological polar surface area (TPSA) is 47.3 Å². The fraction of sp³-hybridized carbons (Fsp3) is 0.357. The smallest absolute Gasteiger partial charge is 0.119 e. The van der Waals surface area contributed by atoms with E-state index in [4.69, 9.17) is 4.74 Å². The van der Waals surface area contributed by atoms with Crippen LogP contribution in [0.4, 0.5) is 0 Å². The molecule has 1 aromatic carbocycles. The van der Waals surface area contributed by atoms with Crippen molar-refractivity contribution in [1.29, 1.82) is 0 Å². The van der Waals surface area contributed by atoms with E-state index in [-0.39, 0.29) is 0 Å². The highest BCUT2D eigenvalue weighted by molar-refractivity contribution is 5.30. The van der Waals surface area contributed by atoms with E-state index in [1.807, 2.05) is 42.1 Å². The average Bonchev–Trinajstić information content (AvgIpc) is 2.86. The second-order valence-electron chi connectivity index (χ2n) is 4.20. The number of hydrogen-bond acceptors (Lipinski definition) is 3. The first-order valence-corrected chi connectivity index (χ1v) is 6.06. The van der Waals surface area contributed by atoms with Crippen molar-refractivity contribution >= 4 is 0 Å². The number of ether oxygens (including phenoxy) is 1. The lowest BCUT2D eigenvalue weighted by Crippen LogP contribution is -2.01. The molecule has 0 amide bonds. The third-order valence-corrected chi connectivity index (χ3v) is 2.92. The van der Waals surface area contributed by atoms with Crippen LogP contribution in [0, 0.1) is 0 Å². The molecule has 0 saturated carbocycles. The minimum Gasteiger partial charge on any atom is -0.497 e. The SMILES string of the molecule is CCn1cc(CC(O)c2cccc(OC)c2)cn1. The van der Waals surface area contributed by atoms with Crippen LogP contribution >= 0.6 is 0 Å². The van der Waals surface area contributed by atoms with Gasteiger partial charge in [0.15, 0.2) is 0 Å². The van der Waals surface area contributed by atoms with Crippen LogP contribution in [0.5, 0.6) is 5.75 Å². The maximum absolute atomic E-state index is 10.2. The largest absolute Gasteiger partial charge is 0.497 e. The van der Waals surface area contributed by atoms with E-state index in [2.05, 4.69) is 5.10 Å². The fourth-order valence-corrected chi connectivity index (χ4v) is 1.87. The Morgan fingerprint density at radius 1 is 1.44 bits per heavy atom. The highest BCUT2D eigenvalue weighted by Gasteiger charge is 2.10. The number of hydrogen-bond donors (Lipinski definition) is 1. The minimum atomic E-state index is -0.533. The first kappa shape index (κ1) is 12.6. The Morgan fingerprint density at radius 2 is 2.28 bits per heavy atom. The van der Waals surface area contributed by atoms with Gasteiger partial charge in [-0.1, -0.05) is 12.1 Å². The van der Waals surface area contributed by atoms with Gasteiger partial charge in [0.25, 0.3) is 0 Å². The maximum atomic E-state index is 10.2. The number of aryl methyl sites for hydroxylation is 1. The standard InChI is InChI=1S/C14H18N2O2/c1-3-16-10-11(9-15-16)7-14(17)12-5-4-6-13(8-12)18-2/h4-6,8-10,14,17H,3,7H2,1-2H3. The van der Waals surface area contributed by atoms with E-state index < -0.39 is 6.10 Å². The second kappa shape index (κ2) is 5.69. The lowest BCUT2D eigenvalue weighted by molar-refractivity contribution is 0.178. The first-order valence-electron chi connectivity index (χ1n) is 6.06. The minimum absolute atomic E-state index is 0.533. The van der Waals surface area contributed by atoms with Gasteiger partial charge in [-0.15, -0.1) is 0 Å². The monoisotopic (exact) mass is 246 g/mol. The molecule has 1 aromatic heterocycles. The van der Waals surface area contributed by atoms with Crippen molar-refractivity contribution < 1.29 is 9.84 Å². The van der Waals surface area contributed by atoms with E-state index in [0.717, 1.165) is 23.4 Å². The molecule has 2 aromatic rings. The van der Waals surface area contributed by atoms with Gasteiger partial charge >= 0.3 is 0 Å². The molecule has 1 N–H and O–H groups in total. The Hall–Kier alpha value is -1.81. The molecule has 0 spiro atoms. The third-order valence-electron chi connectivity index (χ3n) is 2.92. The third kappa shape index (κ3) is 2.90. The number of nitrogens with zero attached hydrogens (tertiary/aromatic N) is 2. The van der Waals surface area contributed by atoms with Gasteiger partial charge < -0.3 is 9.84 Å². The van der Waals surface area contributed by atoms with Crippen LogP contribution in [0.15, 0.2) is 36.7 Å². The van der Waals surface area contributed by atoms with E-state index in [1.165, 1.54) is 0 Å². The molecule has 1 atom stereocenters. The van der Waals surface area contributed by atoms with Crippen molar-refractivity contribution in [3.05, 3.63) is 47.8 Å². The number of rotatable bonds is 5. The molecule has 4 heteroatoms. The molecule has 1 heterocycles. The molecule has 4 nitrogen and oxygen atoms in total. The predicted octanol–water partition coefficient (Wildman–Crippen LogP) is 2.19. The van der Waals surface area contributed by atoms with Gasteiger partial charge in [-0.05, 0) is 30.2 Å². The number of aliphatic hydroxyl groups excluding tert-OH is 1. The summed E-state index contributed by atoms with van der Waals surface area (Å²) in [6.45, 7) is 2.88. The Balaban J connectivity index is 2.08. The predicted molar refractivity (Wildman–Crippen MR) is 69.6 cm³/mol. The van der Waals surface area contributed by atoms with Crippen molar-refractivity contribution in [2.75, 3.05) is 7.11 Å².